The van der Waals surface area contributed by atoms with Crippen LogP contribution in [0.4, 0.5) is 5.69 Å². The van der Waals surface area contributed by atoms with Crippen LogP contribution < -0.4 is 14.8 Å². The van der Waals surface area contributed by atoms with Crippen LogP contribution in [0.1, 0.15) is 5.76 Å². The average Bonchev–Trinajstić information content (AvgIpc) is 3.51. The molecule has 35 heavy (non-hydrogen) atoms. The molecule has 2 aromatic heterocycles. The van der Waals surface area contributed by atoms with Gasteiger partial charge in [-0.1, -0.05) is 11.8 Å². The molecule has 12 heteroatoms. The number of furan rings is 1. The van der Waals surface area contributed by atoms with Crippen molar-refractivity contribution >= 4 is 33.4 Å². The minimum atomic E-state index is -3.39. The molecule has 0 aliphatic heterocycles. The van der Waals surface area contributed by atoms with Crippen LogP contribution in [0.15, 0.2) is 76.5 Å². The number of thioether (sulfide) groups is 1. The molecule has 4 rings (SSSR count). The Labute approximate surface area is 206 Å². The second-order valence-electron chi connectivity index (χ2n) is 7.44. The molecule has 0 aliphatic carbocycles. The van der Waals surface area contributed by atoms with Crippen LogP contribution in [0.25, 0.3) is 17.1 Å². The Hall–Kier alpha value is -3.77. The van der Waals surface area contributed by atoms with Gasteiger partial charge < -0.3 is 14.5 Å². The monoisotopic (exact) mass is 513 g/mol. The molecular formula is C23H23N5O5S2. The molecule has 2 aromatic carbocycles. The van der Waals surface area contributed by atoms with Gasteiger partial charge in [-0.25, -0.2) is 8.42 Å². The van der Waals surface area contributed by atoms with Crippen LogP contribution in [-0.2, 0) is 21.4 Å². The van der Waals surface area contributed by atoms with E-state index in [0.29, 0.717) is 34.7 Å². The van der Waals surface area contributed by atoms with Crippen molar-refractivity contribution in [3.8, 4) is 22.8 Å². The Morgan fingerprint density at radius 2 is 1.83 bits per heavy atom. The Bertz CT molecular complexity index is 1380. The number of hydrogen-bond acceptors (Lipinski definition) is 8. The number of nitrogens with one attached hydrogen (secondary N) is 2. The third-order valence-corrected chi connectivity index (χ3v) is 6.32. The summed E-state index contributed by atoms with van der Waals surface area (Å²) in [5.74, 6) is 1.87. The topological polar surface area (TPSA) is 128 Å². The third-order valence-electron chi connectivity index (χ3n) is 4.78. The average molecular weight is 514 g/mol. The van der Waals surface area contributed by atoms with E-state index in [1.54, 1.807) is 49.8 Å². The minimum absolute atomic E-state index is 0.131. The van der Waals surface area contributed by atoms with Gasteiger partial charge in [-0.2, -0.15) is 0 Å². The van der Waals surface area contributed by atoms with Gasteiger partial charge in [0.05, 0.1) is 31.9 Å². The molecule has 0 saturated carbocycles. The van der Waals surface area contributed by atoms with E-state index in [-0.39, 0.29) is 11.7 Å². The van der Waals surface area contributed by atoms with Gasteiger partial charge in [0, 0.05) is 16.9 Å². The van der Waals surface area contributed by atoms with Crippen LogP contribution in [-0.4, -0.2) is 48.2 Å². The molecule has 0 fully saturated rings. The molecule has 0 atom stereocenters. The number of anilines is 1. The normalized spacial score (nSPS) is 11.3. The summed E-state index contributed by atoms with van der Waals surface area (Å²) in [6.45, 7) is 0.302. The predicted molar refractivity (Wildman–Crippen MR) is 133 cm³/mol. The fraction of sp³-hybridized carbons (Fsp3) is 0.174. The maximum atomic E-state index is 12.4. The van der Waals surface area contributed by atoms with Gasteiger partial charge in [0.15, 0.2) is 11.0 Å². The van der Waals surface area contributed by atoms with Crippen molar-refractivity contribution in [3.05, 3.63) is 72.7 Å². The quantitative estimate of drug-likeness (QED) is 0.309. The second kappa shape index (κ2) is 10.7. The lowest BCUT2D eigenvalue weighted by Crippen LogP contribution is -2.24. The van der Waals surface area contributed by atoms with E-state index in [0.717, 1.165) is 17.5 Å². The predicted octanol–water partition coefficient (Wildman–Crippen LogP) is 3.32. The Morgan fingerprint density at radius 3 is 2.46 bits per heavy atom. The van der Waals surface area contributed by atoms with E-state index in [1.807, 2.05) is 28.8 Å². The minimum Gasteiger partial charge on any atom is -0.497 e. The number of hydrogen-bond donors (Lipinski definition) is 2. The first kappa shape index (κ1) is 24.4. The number of ether oxygens (including phenoxy) is 1. The van der Waals surface area contributed by atoms with Gasteiger partial charge in [0.2, 0.25) is 15.9 Å². The molecule has 4 aromatic rings. The highest BCUT2D eigenvalue weighted by atomic mass is 32.2. The van der Waals surface area contributed by atoms with Crippen molar-refractivity contribution in [2.24, 2.45) is 0 Å². The fourth-order valence-corrected chi connectivity index (χ4v) is 4.54. The number of rotatable bonds is 10. The molecule has 0 unspecified atom stereocenters. The van der Waals surface area contributed by atoms with Crippen LogP contribution in [0.2, 0.25) is 0 Å². The molecule has 0 saturated heterocycles. The summed E-state index contributed by atoms with van der Waals surface area (Å²) in [4.78, 5) is 12.4. The van der Waals surface area contributed by atoms with Crippen LogP contribution in [0.5, 0.6) is 5.75 Å². The smallest absolute Gasteiger partial charge is 0.230 e. The Morgan fingerprint density at radius 1 is 1.09 bits per heavy atom. The van der Waals surface area contributed by atoms with Crippen LogP contribution in [0, 0.1) is 0 Å². The number of carbonyl (C=O) groups is 1. The summed E-state index contributed by atoms with van der Waals surface area (Å²) in [5.41, 5.74) is 1.94. The van der Waals surface area contributed by atoms with Gasteiger partial charge in [-0.05, 0) is 60.7 Å². The molecule has 182 valence electrons. The molecule has 2 N–H and O–H groups in total. The third kappa shape index (κ3) is 6.43. The van der Waals surface area contributed by atoms with Gasteiger partial charge >= 0.3 is 0 Å². The van der Waals surface area contributed by atoms with Gasteiger partial charge in [0.1, 0.15) is 11.5 Å². The lowest BCUT2D eigenvalue weighted by Gasteiger charge is -2.12. The van der Waals surface area contributed by atoms with Gasteiger partial charge in [-0.15, -0.1) is 10.2 Å². The van der Waals surface area contributed by atoms with E-state index in [9.17, 15) is 13.2 Å². The number of methoxy groups -OCH3 is 1. The lowest BCUT2D eigenvalue weighted by atomic mass is 10.2. The highest BCUT2D eigenvalue weighted by Crippen LogP contribution is 2.29. The van der Waals surface area contributed by atoms with E-state index in [2.05, 4.69) is 20.2 Å². The molecule has 0 spiro atoms. The van der Waals surface area contributed by atoms with Crippen LogP contribution in [0.3, 0.4) is 0 Å². The SMILES string of the molecule is COc1ccc(-n2c(SCC(=O)NCc3ccco3)nnc2-c2ccc(NS(C)(=O)=O)cc2)cc1. The van der Waals surface area contributed by atoms with Crippen molar-refractivity contribution in [2.75, 3.05) is 23.8 Å². The number of benzene rings is 2. The molecule has 0 bridgehead atoms. The van der Waals surface area contributed by atoms with E-state index < -0.39 is 10.0 Å². The largest absolute Gasteiger partial charge is 0.497 e. The van der Waals surface area contributed by atoms with Crippen LogP contribution >= 0.6 is 11.8 Å². The number of carbonyl (C=O) groups excluding carboxylic acids is 1. The van der Waals surface area contributed by atoms with E-state index in [4.69, 9.17) is 9.15 Å². The van der Waals surface area contributed by atoms with E-state index >= 15 is 0 Å². The first-order valence-corrected chi connectivity index (χ1v) is 13.3. The maximum absolute atomic E-state index is 12.4. The number of amides is 1. The lowest BCUT2D eigenvalue weighted by molar-refractivity contribution is -0.118. The summed E-state index contributed by atoms with van der Waals surface area (Å²) in [6.07, 6.45) is 2.65. The Balaban J connectivity index is 1.58. The molecule has 10 nitrogen and oxygen atoms in total. The van der Waals surface area contributed by atoms with Gasteiger partial charge in [0.25, 0.3) is 0 Å². The zero-order chi connectivity index (χ0) is 24.8. The maximum Gasteiger partial charge on any atom is 0.230 e. The van der Waals surface area contributed by atoms with Crippen molar-refractivity contribution in [3.63, 3.8) is 0 Å². The number of aromatic nitrogens is 3. The molecule has 0 radical (unpaired) electrons. The number of sulfonamides is 1. The molecule has 1 amide bonds. The summed E-state index contributed by atoms with van der Waals surface area (Å²) in [6, 6.07) is 17.7. The molecule has 0 aliphatic rings. The summed E-state index contributed by atoms with van der Waals surface area (Å²) in [5, 5.41) is 12.0. The first-order chi connectivity index (χ1) is 16.8. The first-order valence-electron chi connectivity index (χ1n) is 10.4. The second-order valence-corrected chi connectivity index (χ2v) is 10.1. The standard InChI is InChI=1S/C23H23N5O5S2/c1-32-19-11-9-18(10-12-19)28-22(16-5-7-17(8-6-16)27-35(2,30)31)25-26-23(28)34-15-21(29)24-14-20-4-3-13-33-20/h3-13,27H,14-15H2,1-2H3,(H,24,29). The van der Waals surface area contributed by atoms with Crippen molar-refractivity contribution < 1.29 is 22.4 Å². The van der Waals surface area contributed by atoms with Gasteiger partial charge in [-0.3, -0.25) is 14.1 Å². The fourth-order valence-electron chi connectivity index (χ4n) is 3.20. The van der Waals surface area contributed by atoms with Crippen molar-refractivity contribution in [2.45, 2.75) is 11.7 Å². The Kier molecular flexibility index (Phi) is 7.42. The van der Waals surface area contributed by atoms with E-state index in [1.165, 1.54) is 11.8 Å². The number of nitrogens with zero attached hydrogens (tertiary/aromatic N) is 3. The molecule has 2 heterocycles. The zero-order valence-corrected chi connectivity index (χ0v) is 20.6. The summed E-state index contributed by atoms with van der Waals surface area (Å²) >= 11 is 1.25. The van der Waals surface area contributed by atoms with Crippen molar-refractivity contribution in [1.29, 1.82) is 0 Å². The highest BCUT2D eigenvalue weighted by molar-refractivity contribution is 7.99. The summed E-state index contributed by atoms with van der Waals surface area (Å²) < 4.78 is 37.8. The summed E-state index contributed by atoms with van der Waals surface area (Å²) in [7, 11) is -1.79. The highest BCUT2D eigenvalue weighted by Gasteiger charge is 2.18. The molecular weight excluding hydrogens is 490 g/mol. The zero-order valence-electron chi connectivity index (χ0n) is 19.0. The van der Waals surface area contributed by atoms with Crippen molar-refractivity contribution in [1.82, 2.24) is 20.1 Å².